The van der Waals surface area contributed by atoms with Crippen molar-refractivity contribution in [3.8, 4) is 0 Å². The average Bonchev–Trinajstić information content (AvgIpc) is 1.96. The van der Waals surface area contributed by atoms with Gasteiger partial charge in [-0.05, 0) is 22.9 Å². The predicted molar refractivity (Wildman–Crippen MR) is 49.0 cm³/mol. The van der Waals surface area contributed by atoms with Crippen molar-refractivity contribution in [2.45, 2.75) is 6.92 Å². The van der Waals surface area contributed by atoms with Crippen LogP contribution in [0.5, 0.6) is 0 Å². The zero-order chi connectivity index (χ0) is 8.43. The van der Waals surface area contributed by atoms with Crippen molar-refractivity contribution < 1.29 is 0 Å². The van der Waals surface area contributed by atoms with Crippen LogP contribution < -0.4 is 5.32 Å². The van der Waals surface area contributed by atoms with Crippen LogP contribution in [0.25, 0.3) is 0 Å². The molecule has 0 aliphatic carbocycles. The number of hydrogen-bond acceptors (Lipinski definition) is 3. The summed E-state index contributed by atoms with van der Waals surface area (Å²) in [4.78, 5) is 8.05. The molecule has 0 fully saturated rings. The third-order valence-electron chi connectivity index (χ3n) is 1.16. The van der Waals surface area contributed by atoms with Crippen molar-refractivity contribution in [2.75, 3.05) is 12.4 Å². The number of nitrogens with one attached hydrogen (secondary N) is 1. The number of aromatic nitrogens is 2. The summed E-state index contributed by atoms with van der Waals surface area (Å²) in [6, 6.07) is 0. The Hall–Kier alpha value is -0.350. The van der Waals surface area contributed by atoms with Crippen molar-refractivity contribution in [3.63, 3.8) is 0 Å². The number of aryl methyl sites for hydroxylation is 1. The molecule has 0 saturated heterocycles. The molecule has 0 bridgehead atoms. The summed E-state index contributed by atoms with van der Waals surface area (Å²) < 4.78 is 0.701. The second-order valence-electron chi connectivity index (χ2n) is 1.97. The van der Waals surface area contributed by atoms with Crippen LogP contribution in [0.4, 0.5) is 5.82 Å². The zero-order valence-electron chi connectivity index (χ0n) is 6.15. The molecule has 11 heavy (non-hydrogen) atoms. The molecule has 0 saturated carbocycles. The molecule has 0 amide bonds. The van der Waals surface area contributed by atoms with Gasteiger partial charge in [-0.25, -0.2) is 9.97 Å². The van der Waals surface area contributed by atoms with E-state index in [4.69, 9.17) is 11.6 Å². The summed E-state index contributed by atoms with van der Waals surface area (Å²) in [5, 5.41) is 3.33. The highest BCUT2D eigenvalue weighted by atomic mass is 79.9. The van der Waals surface area contributed by atoms with Gasteiger partial charge >= 0.3 is 0 Å². The van der Waals surface area contributed by atoms with Gasteiger partial charge < -0.3 is 5.32 Å². The zero-order valence-corrected chi connectivity index (χ0v) is 8.49. The molecule has 5 heteroatoms. The van der Waals surface area contributed by atoms with E-state index in [0.29, 0.717) is 21.3 Å². The van der Waals surface area contributed by atoms with Crippen LogP contribution in [0.1, 0.15) is 5.82 Å². The van der Waals surface area contributed by atoms with E-state index in [2.05, 4.69) is 31.2 Å². The van der Waals surface area contributed by atoms with E-state index in [1.165, 1.54) is 0 Å². The third kappa shape index (κ3) is 1.81. The summed E-state index contributed by atoms with van der Waals surface area (Å²) in [5.74, 6) is 1.37. The highest BCUT2D eigenvalue weighted by Gasteiger charge is 2.05. The highest BCUT2D eigenvalue weighted by molar-refractivity contribution is 9.10. The molecule has 0 aliphatic rings. The average molecular weight is 236 g/mol. The number of hydrogen-bond donors (Lipinski definition) is 1. The van der Waals surface area contributed by atoms with Crippen LogP contribution in [0.2, 0.25) is 5.15 Å². The Morgan fingerprint density at radius 2 is 2.09 bits per heavy atom. The predicted octanol–water partition coefficient (Wildman–Crippen LogP) is 2.24. The first-order valence-corrected chi connectivity index (χ1v) is 4.19. The fourth-order valence-electron chi connectivity index (χ4n) is 0.690. The summed E-state index contributed by atoms with van der Waals surface area (Å²) in [7, 11) is 1.78. The SMILES string of the molecule is CNc1nc(C)nc(Cl)c1Br. The van der Waals surface area contributed by atoms with Gasteiger partial charge in [-0.3, -0.25) is 0 Å². The Morgan fingerprint density at radius 3 is 2.64 bits per heavy atom. The van der Waals surface area contributed by atoms with Crippen LogP contribution >= 0.6 is 27.5 Å². The molecule has 1 heterocycles. The van der Waals surface area contributed by atoms with Gasteiger partial charge in [-0.15, -0.1) is 0 Å². The lowest BCUT2D eigenvalue weighted by molar-refractivity contribution is 1.04. The lowest BCUT2D eigenvalue weighted by Crippen LogP contribution is -1.98. The minimum Gasteiger partial charge on any atom is -0.372 e. The van der Waals surface area contributed by atoms with Crippen LogP contribution in [-0.2, 0) is 0 Å². The highest BCUT2D eigenvalue weighted by Crippen LogP contribution is 2.26. The Balaban J connectivity index is 3.24. The largest absolute Gasteiger partial charge is 0.372 e. The summed E-state index contributed by atoms with van der Waals surface area (Å²) >= 11 is 9.01. The first-order chi connectivity index (χ1) is 5.15. The van der Waals surface area contributed by atoms with Crippen LogP contribution in [0.15, 0.2) is 4.47 Å². The molecule has 60 valence electrons. The molecular formula is C6H7BrClN3. The van der Waals surface area contributed by atoms with Gasteiger partial charge in [0.25, 0.3) is 0 Å². The number of halogens is 2. The first kappa shape index (κ1) is 8.74. The quantitative estimate of drug-likeness (QED) is 0.760. The smallest absolute Gasteiger partial charge is 0.149 e. The fraction of sp³-hybridized carbons (Fsp3) is 0.333. The fourth-order valence-corrected chi connectivity index (χ4v) is 1.28. The molecule has 1 rings (SSSR count). The Morgan fingerprint density at radius 1 is 1.45 bits per heavy atom. The summed E-state index contributed by atoms with van der Waals surface area (Å²) in [6.45, 7) is 1.79. The molecule has 0 spiro atoms. The van der Waals surface area contributed by atoms with E-state index >= 15 is 0 Å². The van der Waals surface area contributed by atoms with Crippen molar-refractivity contribution in [2.24, 2.45) is 0 Å². The second kappa shape index (κ2) is 3.36. The van der Waals surface area contributed by atoms with Crippen molar-refractivity contribution in [3.05, 3.63) is 15.5 Å². The Kier molecular flexibility index (Phi) is 2.67. The van der Waals surface area contributed by atoms with Gasteiger partial charge in [-0.2, -0.15) is 0 Å². The van der Waals surface area contributed by atoms with Gasteiger partial charge in [0.05, 0.1) is 4.47 Å². The molecule has 0 radical (unpaired) electrons. The lowest BCUT2D eigenvalue weighted by Gasteiger charge is -2.03. The van der Waals surface area contributed by atoms with Gasteiger partial charge in [-0.1, -0.05) is 11.6 Å². The van der Waals surface area contributed by atoms with Crippen LogP contribution in [0, 0.1) is 6.92 Å². The number of nitrogens with zero attached hydrogens (tertiary/aromatic N) is 2. The standard InChI is InChI=1S/C6H7BrClN3/c1-3-10-5(8)4(7)6(9-2)11-3/h1-2H3,(H,9,10,11). The van der Waals surface area contributed by atoms with Crippen LogP contribution in [-0.4, -0.2) is 17.0 Å². The van der Waals surface area contributed by atoms with E-state index in [1.54, 1.807) is 14.0 Å². The van der Waals surface area contributed by atoms with E-state index in [0.717, 1.165) is 0 Å². The normalized spacial score (nSPS) is 9.82. The maximum Gasteiger partial charge on any atom is 0.149 e. The number of anilines is 1. The minimum absolute atomic E-state index is 0.432. The molecule has 0 unspecified atom stereocenters. The molecule has 1 aromatic rings. The topological polar surface area (TPSA) is 37.8 Å². The van der Waals surface area contributed by atoms with E-state index < -0.39 is 0 Å². The lowest BCUT2D eigenvalue weighted by atomic mass is 10.5. The number of rotatable bonds is 1. The monoisotopic (exact) mass is 235 g/mol. The Labute approximate surface area is 78.3 Å². The van der Waals surface area contributed by atoms with E-state index in [9.17, 15) is 0 Å². The Bertz CT molecular complexity index is 277. The first-order valence-electron chi connectivity index (χ1n) is 3.02. The molecular weight excluding hydrogens is 229 g/mol. The maximum absolute atomic E-state index is 5.76. The molecule has 0 aliphatic heterocycles. The summed E-state index contributed by atoms with van der Waals surface area (Å²) in [6.07, 6.45) is 0. The summed E-state index contributed by atoms with van der Waals surface area (Å²) in [5.41, 5.74) is 0. The van der Waals surface area contributed by atoms with Gasteiger partial charge in [0.2, 0.25) is 0 Å². The second-order valence-corrected chi connectivity index (χ2v) is 3.13. The van der Waals surface area contributed by atoms with Crippen LogP contribution in [0.3, 0.4) is 0 Å². The minimum atomic E-state index is 0.432. The molecule has 1 aromatic heterocycles. The third-order valence-corrected chi connectivity index (χ3v) is 2.41. The van der Waals surface area contributed by atoms with Crippen molar-refractivity contribution in [1.82, 2.24) is 9.97 Å². The van der Waals surface area contributed by atoms with Gasteiger partial charge in [0.1, 0.15) is 16.8 Å². The molecule has 0 aromatic carbocycles. The van der Waals surface area contributed by atoms with Gasteiger partial charge in [0, 0.05) is 7.05 Å². The van der Waals surface area contributed by atoms with Gasteiger partial charge in [0.15, 0.2) is 0 Å². The molecule has 1 N–H and O–H groups in total. The maximum atomic E-state index is 5.76. The molecule has 3 nitrogen and oxygen atoms in total. The molecule has 0 atom stereocenters. The van der Waals surface area contributed by atoms with Crippen molar-refractivity contribution in [1.29, 1.82) is 0 Å². The van der Waals surface area contributed by atoms with Crippen molar-refractivity contribution >= 4 is 33.3 Å². The van der Waals surface area contributed by atoms with E-state index in [-0.39, 0.29) is 0 Å². The van der Waals surface area contributed by atoms with E-state index in [1.807, 2.05) is 0 Å².